The topological polar surface area (TPSA) is 43.6 Å². The second kappa shape index (κ2) is 14.0. The highest BCUT2D eigenvalue weighted by Crippen LogP contribution is 2.38. The first-order valence-electron chi connectivity index (χ1n) is 18.8. The van der Waals surface area contributed by atoms with Gasteiger partial charge in [0, 0.05) is 39.0 Å². The maximum absolute atomic E-state index is 4.98. The fraction of sp³-hybridized carbons (Fsp3) is 0.0392. The number of rotatable bonds is 7. The molecule has 0 N–H and O–H groups in total. The van der Waals surface area contributed by atoms with Gasteiger partial charge in [-0.1, -0.05) is 158 Å². The molecule has 1 aliphatic carbocycles. The minimum atomic E-state index is 0.645. The van der Waals surface area contributed by atoms with Crippen molar-refractivity contribution in [3.05, 3.63) is 199 Å². The zero-order chi connectivity index (χ0) is 36.6. The molecule has 4 nitrogen and oxygen atoms in total. The summed E-state index contributed by atoms with van der Waals surface area (Å²) in [4.78, 5) is 14.8. The molecule has 260 valence electrons. The van der Waals surface area contributed by atoms with Gasteiger partial charge in [-0.15, -0.1) is 0 Å². The van der Waals surface area contributed by atoms with E-state index in [-0.39, 0.29) is 0 Å². The SMILES string of the molecule is C1=Cc2c(n(-c3cccc(-c4cccc(-c5cccc(-c6nc(-c7ccccc7)nc(-c7ccccc7)n6)c5)c4)c3)c3ccc(-c4ccccc4)cc23)CC1. The van der Waals surface area contributed by atoms with Crippen LogP contribution in [0.5, 0.6) is 0 Å². The third-order valence-electron chi connectivity index (χ3n) is 10.5. The molecule has 0 bridgehead atoms. The van der Waals surface area contributed by atoms with E-state index >= 15 is 0 Å². The molecule has 0 amide bonds. The van der Waals surface area contributed by atoms with Gasteiger partial charge in [0.15, 0.2) is 17.5 Å². The lowest BCUT2D eigenvalue weighted by molar-refractivity contribution is 0.889. The van der Waals surface area contributed by atoms with Crippen LogP contribution in [0.1, 0.15) is 17.7 Å². The van der Waals surface area contributed by atoms with Crippen molar-refractivity contribution in [2.24, 2.45) is 0 Å². The third-order valence-corrected chi connectivity index (χ3v) is 10.5. The summed E-state index contributed by atoms with van der Waals surface area (Å²) < 4.78 is 2.47. The number of benzene rings is 7. The molecular weight excluding hydrogens is 669 g/mol. The molecule has 0 saturated carbocycles. The molecule has 0 atom stereocenters. The first-order chi connectivity index (χ1) is 27.2. The summed E-state index contributed by atoms with van der Waals surface area (Å²) in [5.74, 6) is 1.95. The number of nitrogens with zero attached hydrogens (tertiary/aromatic N) is 4. The van der Waals surface area contributed by atoms with Crippen molar-refractivity contribution >= 4 is 17.0 Å². The Morgan fingerprint density at radius 2 is 0.855 bits per heavy atom. The van der Waals surface area contributed by atoms with E-state index in [1.54, 1.807) is 0 Å². The van der Waals surface area contributed by atoms with E-state index in [2.05, 4.69) is 138 Å². The van der Waals surface area contributed by atoms with Gasteiger partial charge < -0.3 is 4.57 Å². The average molecular weight is 705 g/mol. The van der Waals surface area contributed by atoms with Gasteiger partial charge in [-0.25, -0.2) is 15.0 Å². The highest BCUT2D eigenvalue weighted by molar-refractivity contribution is 5.96. The predicted molar refractivity (Wildman–Crippen MR) is 227 cm³/mol. The first-order valence-corrected chi connectivity index (χ1v) is 18.8. The van der Waals surface area contributed by atoms with Crippen molar-refractivity contribution in [3.8, 4) is 73.2 Å². The molecular formula is C51H36N4. The largest absolute Gasteiger partial charge is 0.313 e. The van der Waals surface area contributed by atoms with Crippen LogP contribution in [-0.4, -0.2) is 19.5 Å². The Kier molecular flexibility index (Phi) is 8.27. The fourth-order valence-electron chi connectivity index (χ4n) is 7.81. The Morgan fingerprint density at radius 3 is 1.47 bits per heavy atom. The van der Waals surface area contributed by atoms with Crippen LogP contribution >= 0.6 is 0 Å². The minimum absolute atomic E-state index is 0.645. The van der Waals surface area contributed by atoms with E-state index in [9.17, 15) is 0 Å². The fourth-order valence-corrected chi connectivity index (χ4v) is 7.81. The van der Waals surface area contributed by atoms with E-state index in [0.717, 1.165) is 40.7 Å². The van der Waals surface area contributed by atoms with Crippen molar-refractivity contribution in [3.63, 3.8) is 0 Å². The summed E-state index contributed by atoms with van der Waals surface area (Å²) in [5.41, 5.74) is 15.0. The lowest BCUT2D eigenvalue weighted by Crippen LogP contribution is -2.03. The van der Waals surface area contributed by atoms with Crippen LogP contribution in [0.4, 0.5) is 0 Å². The van der Waals surface area contributed by atoms with Crippen molar-refractivity contribution in [2.75, 3.05) is 0 Å². The molecule has 1 aliphatic rings. The van der Waals surface area contributed by atoms with E-state index < -0.39 is 0 Å². The molecule has 7 aromatic carbocycles. The van der Waals surface area contributed by atoms with Crippen LogP contribution in [0, 0.1) is 0 Å². The number of hydrogen-bond acceptors (Lipinski definition) is 3. The summed E-state index contributed by atoms with van der Waals surface area (Å²) in [6, 6.07) is 64.1. The number of aromatic nitrogens is 4. The Labute approximate surface area is 320 Å². The van der Waals surface area contributed by atoms with Gasteiger partial charge in [0.05, 0.1) is 5.52 Å². The van der Waals surface area contributed by atoms with Gasteiger partial charge in [0.1, 0.15) is 0 Å². The molecule has 0 radical (unpaired) electrons. The molecule has 0 fully saturated rings. The summed E-state index contributed by atoms with van der Waals surface area (Å²) in [6.45, 7) is 0. The zero-order valence-electron chi connectivity index (χ0n) is 30.2. The molecule has 10 rings (SSSR count). The third kappa shape index (κ3) is 6.24. The lowest BCUT2D eigenvalue weighted by Gasteiger charge is -2.15. The van der Waals surface area contributed by atoms with Crippen LogP contribution in [-0.2, 0) is 6.42 Å². The maximum atomic E-state index is 4.98. The second-order valence-electron chi connectivity index (χ2n) is 14.0. The van der Waals surface area contributed by atoms with Crippen LogP contribution < -0.4 is 0 Å². The van der Waals surface area contributed by atoms with Gasteiger partial charge in [-0.3, -0.25) is 0 Å². The zero-order valence-corrected chi connectivity index (χ0v) is 30.2. The number of allylic oxidation sites excluding steroid dienone is 1. The smallest absolute Gasteiger partial charge is 0.164 e. The lowest BCUT2D eigenvalue weighted by atomic mass is 9.97. The summed E-state index contributed by atoms with van der Waals surface area (Å²) in [7, 11) is 0. The van der Waals surface area contributed by atoms with Crippen LogP contribution in [0.2, 0.25) is 0 Å². The highest BCUT2D eigenvalue weighted by atomic mass is 15.0. The molecule has 0 spiro atoms. The quantitative estimate of drug-likeness (QED) is 0.166. The summed E-state index contributed by atoms with van der Waals surface area (Å²) in [5, 5.41) is 1.30. The Hall–Kier alpha value is -7.17. The van der Waals surface area contributed by atoms with E-state index in [1.807, 2.05) is 60.7 Å². The molecule has 2 heterocycles. The summed E-state index contributed by atoms with van der Waals surface area (Å²) >= 11 is 0. The van der Waals surface area contributed by atoms with Crippen molar-refractivity contribution in [2.45, 2.75) is 12.8 Å². The molecule has 9 aromatic rings. The number of hydrogen-bond donors (Lipinski definition) is 0. The van der Waals surface area contributed by atoms with Crippen molar-refractivity contribution < 1.29 is 0 Å². The van der Waals surface area contributed by atoms with Gasteiger partial charge in [-0.05, 0) is 82.6 Å². The molecule has 0 aliphatic heterocycles. The first kappa shape index (κ1) is 32.5. The normalized spacial score (nSPS) is 12.1. The van der Waals surface area contributed by atoms with Crippen molar-refractivity contribution in [1.29, 1.82) is 0 Å². The van der Waals surface area contributed by atoms with Crippen LogP contribution in [0.25, 0.3) is 90.2 Å². The average Bonchev–Trinajstić information content (AvgIpc) is 3.61. The minimum Gasteiger partial charge on any atom is -0.313 e. The molecule has 2 aromatic heterocycles. The number of fused-ring (bicyclic) bond motifs is 3. The molecule has 55 heavy (non-hydrogen) atoms. The maximum Gasteiger partial charge on any atom is 0.164 e. The van der Waals surface area contributed by atoms with E-state index in [0.29, 0.717) is 17.5 Å². The Morgan fingerprint density at radius 1 is 0.382 bits per heavy atom. The summed E-state index contributed by atoms with van der Waals surface area (Å²) in [6.07, 6.45) is 6.68. The van der Waals surface area contributed by atoms with Gasteiger partial charge in [-0.2, -0.15) is 0 Å². The monoisotopic (exact) mass is 704 g/mol. The van der Waals surface area contributed by atoms with E-state index in [4.69, 9.17) is 15.0 Å². The second-order valence-corrected chi connectivity index (χ2v) is 14.0. The Bertz CT molecular complexity index is 2800. The van der Waals surface area contributed by atoms with Crippen LogP contribution in [0.15, 0.2) is 188 Å². The standard InChI is InChI=1S/C51H36N4/c1-4-15-35(16-5-1)42-29-30-48-46(34-42)45-27-10-11-28-47(45)55(48)44-26-14-24-41(33-44)39-22-12-21-38(31-39)40-23-13-25-43(32-40)51-53-49(36-17-6-2-7-18-36)52-50(54-51)37-19-8-3-9-20-37/h1-10,12-27,29-34H,11,28H2. The predicted octanol–water partition coefficient (Wildman–Crippen LogP) is 12.8. The van der Waals surface area contributed by atoms with Gasteiger partial charge in [0.2, 0.25) is 0 Å². The highest BCUT2D eigenvalue weighted by Gasteiger charge is 2.20. The van der Waals surface area contributed by atoms with Gasteiger partial charge >= 0.3 is 0 Å². The van der Waals surface area contributed by atoms with E-state index in [1.165, 1.54) is 50.1 Å². The Balaban J connectivity index is 1.02. The molecule has 4 heteroatoms. The molecule has 0 unspecified atom stereocenters. The van der Waals surface area contributed by atoms with Crippen molar-refractivity contribution in [1.82, 2.24) is 19.5 Å². The van der Waals surface area contributed by atoms with Gasteiger partial charge in [0.25, 0.3) is 0 Å². The molecule has 0 saturated heterocycles. The van der Waals surface area contributed by atoms with Crippen LogP contribution in [0.3, 0.4) is 0 Å².